The summed E-state index contributed by atoms with van der Waals surface area (Å²) >= 11 is 0. The number of nitrogens with one attached hydrogen (secondary N) is 1. The first-order valence-corrected chi connectivity index (χ1v) is 7.55. The quantitative estimate of drug-likeness (QED) is 0.833. The second-order valence-corrected chi connectivity index (χ2v) is 5.45. The van der Waals surface area contributed by atoms with E-state index < -0.39 is 0 Å². The van der Waals surface area contributed by atoms with E-state index in [2.05, 4.69) is 59.2 Å². The highest BCUT2D eigenvalue weighted by Gasteiger charge is 2.13. The van der Waals surface area contributed by atoms with Crippen molar-refractivity contribution in [2.75, 3.05) is 19.0 Å². The number of imidazole rings is 1. The van der Waals surface area contributed by atoms with Crippen molar-refractivity contribution in [3.05, 3.63) is 41.7 Å². The molecule has 0 saturated heterocycles. The lowest BCUT2D eigenvalue weighted by Gasteiger charge is -2.17. The molecule has 4 nitrogen and oxygen atoms in total. The lowest BCUT2D eigenvalue weighted by atomic mass is 10.1. The largest absolute Gasteiger partial charge is 0.383 e. The maximum Gasteiger partial charge on any atom is 0.207 e. The molecule has 0 saturated carbocycles. The van der Waals surface area contributed by atoms with Crippen LogP contribution in [0.5, 0.6) is 0 Å². The van der Waals surface area contributed by atoms with Gasteiger partial charge in [-0.25, -0.2) is 4.98 Å². The molecule has 1 atom stereocenters. The summed E-state index contributed by atoms with van der Waals surface area (Å²) in [4.78, 5) is 4.61. The monoisotopic (exact) mass is 287 g/mol. The van der Waals surface area contributed by atoms with Gasteiger partial charge in [0.05, 0.1) is 18.3 Å². The van der Waals surface area contributed by atoms with Crippen molar-refractivity contribution in [2.24, 2.45) is 0 Å². The molecule has 0 spiro atoms. The van der Waals surface area contributed by atoms with Crippen molar-refractivity contribution in [2.45, 2.75) is 39.7 Å². The summed E-state index contributed by atoms with van der Waals surface area (Å²) in [5.74, 6) is 0.876. The minimum Gasteiger partial charge on any atom is -0.383 e. The van der Waals surface area contributed by atoms with Crippen LogP contribution in [0.25, 0.3) is 0 Å². The Balaban J connectivity index is 2.27. The fourth-order valence-corrected chi connectivity index (χ4v) is 2.52. The van der Waals surface area contributed by atoms with Crippen LogP contribution in [0.1, 0.15) is 37.6 Å². The number of hydrogen-bond donors (Lipinski definition) is 1. The van der Waals surface area contributed by atoms with Crippen LogP contribution < -0.4 is 5.32 Å². The third-order valence-electron chi connectivity index (χ3n) is 3.52. The van der Waals surface area contributed by atoms with Crippen LogP contribution in [0.3, 0.4) is 0 Å². The van der Waals surface area contributed by atoms with Gasteiger partial charge in [0.2, 0.25) is 5.95 Å². The molecule has 1 aromatic heterocycles. The third kappa shape index (κ3) is 3.85. The molecule has 2 aromatic rings. The molecule has 0 aliphatic heterocycles. The highest BCUT2D eigenvalue weighted by Crippen LogP contribution is 2.24. The van der Waals surface area contributed by atoms with Gasteiger partial charge >= 0.3 is 0 Å². The van der Waals surface area contributed by atoms with Gasteiger partial charge in [-0.05, 0) is 31.9 Å². The molecule has 1 heterocycles. The maximum atomic E-state index is 5.26. The normalized spacial score (nSPS) is 12.4. The zero-order chi connectivity index (χ0) is 15.2. The van der Waals surface area contributed by atoms with Gasteiger partial charge in [-0.3, -0.25) is 0 Å². The summed E-state index contributed by atoms with van der Waals surface area (Å²) in [6, 6.07) is 8.67. The van der Waals surface area contributed by atoms with E-state index in [-0.39, 0.29) is 6.04 Å². The van der Waals surface area contributed by atoms with E-state index in [0.29, 0.717) is 6.61 Å². The molecule has 4 heteroatoms. The molecule has 0 fully saturated rings. The Morgan fingerprint density at radius 1 is 1.33 bits per heavy atom. The first-order valence-electron chi connectivity index (χ1n) is 7.55. The molecule has 0 bridgehead atoms. The van der Waals surface area contributed by atoms with E-state index in [0.717, 1.165) is 30.2 Å². The SMILES string of the molecule is CCCc1ccccc1Nc1nc(C)cn1C(C)COC. The van der Waals surface area contributed by atoms with E-state index in [1.165, 1.54) is 5.56 Å². The number of hydrogen-bond acceptors (Lipinski definition) is 3. The number of benzene rings is 1. The summed E-state index contributed by atoms with van der Waals surface area (Å²) in [6.45, 7) is 7.01. The lowest BCUT2D eigenvalue weighted by Crippen LogP contribution is -2.13. The Hall–Kier alpha value is -1.81. The Labute approximate surface area is 127 Å². The van der Waals surface area contributed by atoms with Crippen LogP contribution in [0, 0.1) is 6.92 Å². The van der Waals surface area contributed by atoms with Crippen molar-refractivity contribution in [3.63, 3.8) is 0 Å². The predicted octanol–water partition coefficient (Wildman–Crippen LogP) is 4.10. The van der Waals surface area contributed by atoms with Gasteiger partial charge in [0.25, 0.3) is 0 Å². The summed E-state index contributed by atoms with van der Waals surface area (Å²) in [7, 11) is 1.73. The molecule has 1 N–H and O–H groups in total. The molecule has 1 unspecified atom stereocenters. The number of nitrogens with zero attached hydrogens (tertiary/aromatic N) is 2. The van der Waals surface area contributed by atoms with Gasteiger partial charge in [0, 0.05) is 19.0 Å². The van der Waals surface area contributed by atoms with Gasteiger partial charge < -0.3 is 14.6 Å². The first-order chi connectivity index (χ1) is 10.2. The number of methoxy groups -OCH3 is 1. The Bertz CT molecular complexity index is 577. The minimum atomic E-state index is 0.247. The summed E-state index contributed by atoms with van der Waals surface area (Å²) in [6.07, 6.45) is 4.26. The molecule has 0 radical (unpaired) electrons. The fourth-order valence-electron chi connectivity index (χ4n) is 2.52. The van der Waals surface area contributed by atoms with Crippen LogP contribution in [-0.2, 0) is 11.2 Å². The van der Waals surface area contributed by atoms with Crippen molar-refractivity contribution < 1.29 is 4.74 Å². The standard InChI is InChI=1S/C17H25N3O/c1-5-8-15-9-6-7-10-16(15)19-17-18-13(2)11-20(17)14(3)12-21-4/h6-7,9-11,14H,5,8,12H2,1-4H3,(H,18,19). The van der Waals surface area contributed by atoms with E-state index in [1.807, 2.05) is 6.92 Å². The first kappa shape index (κ1) is 15.6. The van der Waals surface area contributed by atoms with E-state index >= 15 is 0 Å². The van der Waals surface area contributed by atoms with Crippen molar-refractivity contribution in [1.82, 2.24) is 9.55 Å². The highest BCUT2D eigenvalue weighted by molar-refractivity contribution is 5.59. The fraction of sp³-hybridized carbons (Fsp3) is 0.471. The number of ether oxygens (including phenoxy) is 1. The Kier molecular flexibility index (Phi) is 5.39. The molecule has 21 heavy (non-hydrogen) atoms. The lowest BCUT2D eigenvalue weighted by molar-refractivity contribution is 0.163. The number of aromatic nitrogens is 2. The van der Waals surface area contributed by atoms with Crippen molar-refractivity contribution >= 4 is 11.6 Å². The average Bonchev–Trinajstić information content (AvgIpc) is 2.82. The van der Waals surface area contributed by atoms with Gasteiger partial charge in [-0.2, -0.15) is 0 Å². The molecule has 0 amide bonds. The van der Waals surface area contributed by atoms with Gasteiger partial charge in [-0.1, -0.05) is 31.5 Å². The zero-order valence-corrected chi connectivity index (χ0v) is 13.4. The summed E-state index contributed by atoms with van der Waals surface area (Å²) < 4.78 is 7.40. The minimum absolute atomic E-state index is 0.247. The van der Waals surface area contributed by atoms with Gasteiger partial charge in [-0.15, -0.1) is 0 Å². The Morgan fingerprint density at radius 2 is 2.10 bits per heavy atom. The highest BCUT2D eigenvalue weighted by atomic mass is 16.5. The average molecular weight is 287 g/mol. The molecular formula is C17H25N3O. The third-order valence-corrected chi connectivity index (χ3v) is 3.52. The summed E-state index contributed by atoms with van der Waals surface area (Å²) in [5.41, 5.74) is 3.47. The molecule has 2 rings (SSSR count). The molecule has 0 aliphatic carbocycles. The van der Waals surface area contributed by atoms with Crippen LogP contribution in [-0.4, -0.2) is 23.3 Å². The van der Waals surface area contributed by atoms with Gasteiger partial charge in [0.15, 0.2) is 0 Å². The van der Waals surface area contributed by atoms with Crippen LogP contribution in [0.15, 0.2) is 30.5 Å². The predicted molar refractivity (Wildman–Crippen MR) is 87.3 cm³/mol. The topological polar surface area (TPSA) is 39.1 Å². The molecule has 1 aromatic carbocycles. The van der Waals surface area contributed by atoms with E-state index in [1.54, 1.807) is 7.11 Å². The van der Waals surface area contributed by atoms with Crippen LogP contribution in [0.2, 0.25) is 0 Å². The number of aryl methyl sites for hydroxylation is 2. The smallest absolute Gasteiger partial charge is 0.207 e. The Morgan fingerprint density at radius 3 is 2.81 bits per heavy atom. The zero-order valence-electron chi connectivity index (χ0n) is 13.4. The number of anilines is 2. The second-order valence-electron chi connectivity index (χ2n) is 5.45. The van der Waals surface area contributed by atoms with E-state index in [9.17, 15) is 0 Å². The van der Waals surface area contributed by atoms with E-state index in [4.69, 9.17) is 4.74 Å². The van der Waals surface area contributed by atoms with Crippen molar-refractivity contribution in [1.29, 1.82) is 0 Å². The van der Waals surface area contributed by atoms with Crippen molar-refractivity contribution in [3.8, 4) is 0 Å². The molecule has 114 valence electrons. The number of para-hydroxylation sites is 1. The van der Waals surface area contributed by atoms with Crippen LogP contribution in [0.4, 0.5) is 11.6 Å². The maximum absolute atomic E-state index is 5.26. The second kappa shape index (κ2) is 7.27. The molecular weight excluding hydrogens is 262 g/mol. The molecule has 0 aliphatic rings. The number of rotatable bonds is 7. The van der Waals surface area contributed by atoms with Crippen LogP contribution >= 0.6 is 0 Å². The summed E-state index contributed by atoms with van der Waals surface area (Å²) in [5, 5.41) is 3.48. The van der Waals surface area contributed by atoms with Gasteiger partial charge in [0.1, 0.15) is 0 Å².